The molecule has 14 heavy (non-hydrogen) atoms. The van der Waals surface area contributed by atoms with Crippen LogP contribution in [0.3, 0.4) is 0 Å². The minimum atomic E-state index is -0.0594. The first-order valence-electron chi connectivity index (χ1n) is 4.33. The molecule has 0 radical (unpaired) electrons. The molecule has 1 rings (SSSR count). The van der Waals surface area contributed by atoms with Crippen LogP contribution in [0.5, 0.6) is 0 Å². The largest absolute Gasteiger partial charge is 0.396 e. The summed E-state index contributed by atoms with van der Waals surface area (Å²) in [4.78, 5) is 16.0. The number of rotatable bonds is 3. The van der Waals surface area contributed by atoms with Gasteiger partial charge in [0.25, 0.3) is 5.56 Å². The first kappa shape index (κ1) is 11.3. The number of aliphatic hydroxyl groups is 1. The van der Waals surface area contributed by atoms with Crippen molar-refractivity contribution < 1.29 is 5.11 Å². The molecule has 0 unspecified atom stereocenters. The Morgan fingerprint density at radius 3 is 2.71 bits per heavy atom. The van der Waals surface area contributed by atoms with Gasteiger partial charge in [-0.2, -0.15) is 0 Å². The summed E-state index contributed by atoms with van der Waals surface area (Å²) in [5, 5.41) is 9.51. The van der Waals surface area contributed by atoms with Crippen molar-refractivity contribution in [3.63, 3.8) is 0 Å². The second kappa shape index (κ2) is 4.61. The number of aromatic nitrogens is 2. The summed E-state index contributed by atoms with van der Waals surface area (Å²) in [7, 11) is 1.70. The van der Waals surface area contributed by atoms with E-state index < -0.39 is 0 Å². The van der Waals surface area contributed by atoms with E-state index in [1.807, 2.05) is 6.26 Å². The van der Waals surface area contributed by atoms with E-state index in [2.05, 4.69) is 4.98 Å². The van der Waals surface area contributed by atoms with E-state index >= 15 is 0 Å². The molecule has 1 N–H and O–H groups in total. The van der Waals surface area contributed by atoms with E-state index in [9.17, 15) is 4.79 Å². The lowest BCUT2D eigenvalue weighted by Gasteiger charge is -2.09. The van der Waals surface area contributed by atoms with Crippen molar-refractivity contribution in [1.29, 1.82) is 0 Å². The summed E-state index contributed by atoms with van der Waals surface area (Å²) in [6, 6.07) is 0. The van der Waals surface area contributed by atoms with E-state index in [1.165, 1.54) is 16.3 Å². The zero-order chi connectivity index (χ0) is 10.7. The highest BCUT2D eigenvalue weighted by Gasteiger charge is 2.10. The van der Waals surface area contributed by atoms with Gasteiger partial charge in [0.15, 0.2) is 5.16 Å². The van der Waals surface area contributed by atoms with Crippen LogP contribution in [-0.4, -0.2) is 27.5 Å². The minimum absolute atomic E-state index is 0.0175. The smallest absolute Gasteiger partial charge is 0.257 e. The normalized spacial score (nSPS) is 10.6. The fourth-order valence-corrected chi connectivity index (χ4v) is 1.90. The van der Waals surface area contributed by atoms with Crippen LogP contribution < -0.4 is 5.56 Å². The van der Waals surface area contributed by atoms with Crippen LogP contribution >= 0.6 is 11.8 Å². The molecule has 0 aliphatic carbocycles. The van der Waals surface area contributed by atoms with E-state index in [4.69, 9.17) is 5.11 Å². The lowest BCUT2D eigenvalue weighted by Crippen LogP contribution is -2.26. The van der Waals surface area contributed by atoms with E-state index in [0.717, 1.165) is 0 Å². The molecule has 4 nitrogen and oxygen atoms in total. The number of aryl methyl sites for hydroxylation is 1. The van der Waals surface area contributed by atoms with Crippen molar-refractivity contribution in [1.82, 2.24) is 9.55 Å². The molecular formula is C9H14N2O2S. The third-order valence-corrected chi connectivity index (χ3v) is 2.82. The average Bonchev–Trinajstić information content (AvgIpc) is 2.18. The maximum atomic E-state index is 11.8. The van der Waals surface area contributed by atoms with Gasteiger partial charge in [-0.25, -0.2) is 4.98 Å². The van der Waals surface area contributed by atoms with Crippen LogP contribution in [-0.2, 0) is 13.5 Å². The van der Waals surface area contributed by atoms with Crippen molar-refractivity contribution in [3.8, 4) is 0 Å². The Balaban J connectivity index is 3.34. The minimum Gasteiger partial charge on any atom is -0.396 e. The van der Waals surface area contributed by atoms with Crippen LogP contribution in [0.15, 0.2) is 9.95 Å². The van der Waals surface area contributed by atoms with Crippen molar-refractivity contribution in [2.75, 3.05) is 12.9 Å². The average molecular weight is 214 g/mol. The molecule has 0 saturated carbocycles. The predicted octanol–water partition coefficient (Wildman–Crippen LogP) is 0.345. The maximum Gasteiger partial charge on any atom is 0.257 e. The Hall–Kier alpha value is -0.810. The molecule has 78 valence electrons. The molecule has 0 fully saturated rings. The van der Waals surface area contributed by atoms with Gasteiger partial charge in [0.2, 0.25) is 0 Å². The molecule has 1 aromatic rings. The highest BCUT2D eigenvalue weighted by molar-refractivity contribution is 7.98. The molecule has 0 aliphatic heterocycles. The number of nitrogens with zero attached hydrogens (tertiary/aromatic N) is 2. The topological polar surface area (TPSA) is 55.1 Å². The van der Waals surface area contributed by atoms with Crippen LogP contribution in [0.2, 0.25) is 0 Å². The van der Waals surface area contributed by atoms with Crippen molar-refractivity contribution in [2.24, 2.45) is 7.05 Å². The molecule has 0 aliphatic rings. The Bertz CT molecular complexity index is 387. The van der Waals surface area contributed by atoms with Gasteiger partial charge in [0, 0.05) is 31.3 Å². The van der Waals surface area contributed by atoms with Crippen LogP contribution in [0.25, 0.3) is 0 Å². The first-order chi connectivity index (χ1) is 6.61. The van der Waals surface area contributed by atoms with Gasteiger partial charge in [0.05, 0.1) is 0 Å². The van der Waals surface area contributed by atoms with E-state index in [1.54, 1.807) is 14.0 Å². The standard InChI is InChI=1S/C9H14N2O2S/c1-6-7(4-5-12)8(13)11(2)9(10-6)14-3/h12H,4-5H2,1-3H3. The summed E-state index contributed by atoms with van der Waals surface area (Å²) in [5.74, 6) is 0. The summed E-state index contributed by atoms with van der Waals surface area (Å²) in [6.45, 7) is 1.78. The zero-order valence-corrected chi connectivity index (χ0v) is 9.39. The monoisotopic (exact) mass is 214 g/mol. The third-order valence-electron chi connectivity index (χ3n) is 2.09. The zero-order valence-electron chi connectivity index (χ0n) is 8.57. The van der Waals surface area contributed by atoms with E-state index in [0.29, 0.717) is 22.8 Å². The quantitative estimate of drug-likeness (QED) is 0.582. The van der Waals surface area contributed by atoms with Gasteiger partial charge in [0.1, 0.15) is 0 Å². The molecule has 0 spiro atoms. The Labute approximate surface area is 87.0 Å². The second-order valence-electron chi connectivity index (χ2n) is 3.00. The van der Waals surface area contributed by atoms with Gasteiger partial charge >= 0.3 is 0 Å². The second-order valence-corrected chi connectivity index (χ2v) is 3.77. The lowest BCUT2D eigenvalue weighted by atomic mass is 10.2. The molecule has 0 atom stereocenters. The molecular weight excluding hydrogens is 200 g/mol. The molecule has 0 amide bonds. The maximum absolute atomic E-state index is 11.8. The van der Waals surface area contributed by atoms with Gasteiger partial charge in [-0.05, 0) is 13.2 Å². The molecule has 0 saturated heterocycles. The van der Waals surface area contributed by atoms with Crippen LogP contribution in [0.1, 0.15) is 11.3 Å². The van der Waals surface area contributed by atoms with Gasteiger partial charge in [-0.3, -0.25) is 9.36 Å². The summed E-state index contributed by atoms with van der Waals surface area (Å²) < 4.78 is 1.52. The number of hydrogen-bond acceptors (Lipinski definition) is 4. The Morgan fingerprint density at radius 2 is 2.21 bits per heavy atom. The fourth-order valence-electron chi connectivity index (χ4n) is 1.31. The van der Waals surface area contributed by atoms with Crippen molar-refractivity contribution >= 4 is 11.8 Å². The summed E-state index contributed by atoms with van der Waals surface area (Å²) in [5.41, 5.74) is 1.26. The Morgan fingerprint density at radius 1 is 1.57 bits per heavy atom. The van der Waals surface area contributed by atoms with Crippen LogP contribution in [0, 0.1) is 6.92 Å². The number of aliphatic hydroxyl groups excluding tert-OH is 1. The van der Waals surface area contributed by atoms with Gasteiger partial charge in [-0.1, -0.05) is 11.8 Å². The van der Waals surface area contributed by atoms with Crippen molar-refractivity contribution in [3.05, 3.63) is 21.6 Å². The number of thioether (sulfide) groups is 1. The van der Waals surface area contributed by atoms with Gasteiger partial charge < -0.3 is 5.11 Å². The van der Waals surface area contributed by atoms with Gasteiger partial charge in [-0.15, -0.1) is 0 Å². The van der Waals surface area contributed by atoms with Crippen molar-refractivity contribution in [2.45, 2.75) is 18.5 Å². The van der Waals surface area contributed by atoms with E-state index in [-0.39, 0.29) is 12.2 Å². The summed E-state index contributed by atoms with van der Waals surface area (Å²) in [6.07, 6.45) is 2.26. The predicted molar refractivity (Wildman–Crippen MR) is 56.8 cm³/mol. The third kappa shape index (κ3) is 1.99. The highest BCUT2D eigenvalue weighted by atomic mass is 32.2. The highest BCUT2D eigenvalue weighted by Crippen LogP contribution is 2.10. The fraction of sp³-hybridized carbons (Fsp3) is 0.556. The summed E-state index contributed by atoms with van der Waals surface area (Å²) >= 11 is 1.44. The molecule has 1 heterocycles. The molecule has 1 aromatic heterocycles. The van der Waals surface area contributed by atoms with Crippen LogP contribution in [0.4, 0.5) is 0 Å². The number of hydrogen-bond donors (Lipinski definition) is 1. The molecule has 0 aromatic carbocycles. The SMILES string of the molecule is CSc1nc(C)c(CCO)c(=O)n1C. The first-order valence-corrected chi connectivity index (χ1v) is 5.55. The lowest BCUT2D eigenvalue weighted by molar-refractivity contribution is 0.298. The molecule has 5 heteroatoms. The molecule has 0 bridgehead atoms. The Kier molecular flexibility index (Phi) is 3.71.